The van der Waals surface area contributed by atoms with E-state index >= 15 is 0 Å². The average Bonchev–Trinajstić information content (AvgIpc) is 3.16. The third-order valence-electron chi connectivity index (χ3n) is 3.33. The Morgan fingerprint density at radius 1 is 1.05 bits per heavy atom. The minimum atomic E-state index is 0.368. The number of rotatable bonds is 2. The molecule has 5 nitrogen and oxygen atoms in total. The molecule has 2 N–H and O–H groups in total. The summed E-state index contributed by atoms with van der Waals surface area (Å²) in [5, 5.41) is 7.89. The first-order valence-electron chi connectivity index (χ1n) is 6.50. The highest BCUT2D eigenvalue weighted by Crippen LogP contribution is 2.41. The molecule has 0 radical (unpaired) electrons. The number of aromatic nitrogens is 1. The Hall–Kier alpha value is -2.47. The van der Waals surface area contributed by atoms with Crippen molar-refractivity contribution in [1.82, 2.24) is 5.16 Å². The fraction of sp³-hybridized carbons (Fsp3) is 0.133. The first-order chi connectivity index (χ1) is 10.3. The summed E-state index contributed by atoms with van der Waals surface area (Å²) < 4.78 is 16.6. The molecule has 2 aromatic heterocycles. The maximum Gasteiger partial charge on any atom is 0.177 e. The molecule has 3 aromatic rings. The van der Waals surface area contributed by atoms with Crippen molar-refractivity contribution in [3.8, 4) is 33.9 Å². The highest BCUT2D eigenvalue weighted by Gasteiger charge is 2.20. The summed E-state index contributed by atoms with van der Waals surface area (Å²) in [6, 6.07) is 7.71. The highest BCUT2D eigenvalue weighted by atomic mass is 32.1. The third-order valence-corrected chi connectivity index (χ3v) is 4.02. The number of nitrogens with two attached hydrogens (primary N) is 1. The summed E-state index contributed by atoms with van der Waals surface area (Å²) in [4.78, 5) is 0. The van der Waals surface area contributed by atoms with Crippen LogP contribution in [0.1, 0.15) is 0 Å². The van der Waals surface area contributed by atoms with Crippen molar-refractivity contribution in [3.63, 3.8) is 0 Å². The van der Waals surface area contributed by atoms with Gasteiger partial charge in [-0.05, 0) is 29.1 Å². The smallest absolute Gasteiger partial charge is 0.177 e. The third kappa shape index (κ3) is 2.04. The molecule has 0 amide bonds. The van der Waals surface area contributed by atoms with E-state index in [1.165, 1.54) is 0 Å². The number of benzene rings is 1. The van der Waals surface area contributed by atoms with Crippen LogP contribution in [0.3, 0.4) is 0 Å². The summed E-state index contributed by atoms with van der Waals surface area (Å²) in [5.74, 6) is 2.51. The Labute approximate surface area is 124 Å². The van der Waals surface area contributed by atoms with E-state index in [2.05, 4.69) is 5.16 Å². The van der Waals surface area contributed by atoms with E-state index in [1.54, 1.807) is 11.3 Å². The van der Waals surface area contributed by atoms with Crippen molar-refractivity contribution < 1.29 is 14.0 Å². The van der Waals surface area contributed by atoms with Crippen LogP contribution >= 0.6 is 11.3 Å². The lowest BCUT2D eigenvalue weighted by atomic mass is 10.0. The van der Waals surface area contributed by atoms with Gasteiger partial charge in [-0.15, -0.1) is 0 Å². The number of fused-ring (bicyclic) bond motifs is 1. The fourth-order valence-electron chi connectivity index (χ4n) is 2.37. The molecule has 0 unspecified atom stereocenters. The van der Waals surface area contributed by atoms with E-state index < -0.39 is 0 Å². The number of anilines is 1. The van der Waals surface area contributed by atoms with Crippen molar-refractivity contribution in [2.45, 2.75) is 0 Å². The van der Waals surface area contributed by atoms with Gasteiger partial charge in [0.15, 0.2) is 23.1 Å². The highest BCUT2D eigenvalue weighted by molar-refractivity contribution is 7.08. The molecule has 3 heterocycles. The van der Waals surface area contributed by atoms with Crippen LogP contribution in [-0.4, -0.2) is 18.4 Å². The number of thiophene rings is 1. The first-order valence-corrected chi connectivity index (χ1v) is 7.45. The van der Waals surface area contributed by atoms with Crippen LogP contribution in [0.2, 0.25) is 0 Å². The van der Waals surface area contributed by atoms with Gasteiger partial charge in [0.1, 0.15) is 13.2 Å². The molecule has 0 spiro atoms. The number of nitrogens with zero attached hydrogens (tertiary/aromatic N) is 1. The summed E-state index contributed by atoms with van der Waals surface area (Å²) in [6.45, 7) is 1.12. The number of hydrogen-bond acceptors (Lipinski definition) is 6. The lowest BCUT2D eigenvalue weighted by molar-refractivity contribution is 0.171. The Bertz CT molecular complexity index is 780. The lowest BCUT2D eigenvalue weighted by Crippen LogP contribution is -2.15. The van der Waals surface area contributed by atoms with Gasteiger partial charge in [-0.2, -0.15) is 11.3 Å². The fourth-order valence-corrected chi connectivity index (χ4v) is 3.01. The van der Waals surface area contributed by atoms with Gasteiger partial charge in [0.25, 0.3) is 0 Å². The molecule has 21 heavy (non-hydrogen) atoms. The topological polar surface area (TPSA) is 70.5 Å². The summed E-state index contributed by atoms with van der Waals surface area (Å²) in [5.41, 5.74) is 8.63. The zero-order chi connectivity index (χ0) is 14.2. The van der Waals surface area contributed by atoms with Crippen molar-refractivity contribution in [2.24, 2.45) is 0 Å². The van der Waals surface area contributed by atoms with Crippen LogP contribution in [0.5, 0.6) is 11.5 Å². The monoisotopic (exact) mass is 300 g/mol. The molecule has 0 bridgehead atoms. The maximum atomic E-state index is 5.98. The largest absolute Gasteiger partial charge is 0.486 e. The molecule has 1 aliphatic heterocycles. The standard InChI is InChI=1S/C15H12N2O3S/c16-15-13(14(20-17-15)10-3-6-21-8-10)9-1-2-11-12(7-9)19-5-4-18-11/h1-3,6-8H,4-5H2,(H2,16,17). The number of ether oxygens (including phenoxy) is 2. The molecule has 1 aliphatic rings. The Kier molecular flexibility index (Phi) is 2.82. The molecule has 0 saturated carbocycles. The SMILES string of the molecule is Nc1noc(-c2ccsc2)c1-c1ccc2c(c1)OCCO2. The minimum Gasteiger partial charge on any atom is -0.486 e. The van der Waals surface area contributed by atoms with E-state index in [0.29, 0.717) is 24.8 Å². The molecular weight excluding hydrogens is 288 g/mol. The van der Waals surface area contributed by atoms with Gasteiger partial charge in [-0.3, -0.25) is 0 Å². The number of hydrogen-bond donors (Lipinski definition) is 1. The van der Waals surface area contributed by atoms with Gasteiger partial charge in [0, 0.05) is 10.9 Å². The quantitative estimate of drug-likeness (QED) is 0.785. The van der Waals surface area contributed by atoms with Crippen molar-refractivity contribution in [3.05, 3.63) is 35.0 Å². The average molecular weight is 300 g/mol. The van der Waals surface area contributed by atoms with E-state index in [4.69, 9.17) is 19.7 Å². The molecule has 0 fully saturated rings. The van der Waals surface area contributed by atoms with Gasteiger partial charge < -0.3 is 19.7 Å². The maximum absolute atomic E-state index is 5.98. The zero-order valence-corrected chi connectivity index (χ0v) is 11.9. The van der Waals surface area contributed by atoms with Crippen LogP contribution in [0, 0.1) is 0 Å². The van der Waals surface area contributed by atoms with Gasteiger partial charge >= 0.3 is 0 Å². The van der Waals surface area contributed by atoms with Crippen molar-refractivity contribution >= 4 is 17.2 Å². The Morgan fingerprint density at radius 2 is 1.90 bits per heavy atom. The van der Waals surface area contributed by atoms with Crippen LogP contribution in [0.4, 0.5) is 5.82 Å². The summed E-state index contributed by atoms with van der Waals surface area (Å²) >= 11 is 1.60. The molecule has 6 heteroatoms. The van der Waals surface area contributed by atoms with Crippen LogP contribution < -0.4 is 15.2 Å². The van der Waals surface area contributed by atoms with Gasteiger partial charge in [0.05, 0.1) is 5.56 Å². The predicted molar refractivity (Wildman–Crippen MR) is 80.7 cm³/mol. The van der Waals surface area contributed by atoms with E-state index in [-0.39, 0.29) is 0 Å². The van der Waals surface area contributed by atoms with Crippen LogP contribution in [0.15, 0.2) is 39.5 Å². The summed E-state index contributed by atoms with van der Waals surface area (Å²) in [7, 11) is 0. The lowest BCUT2D eigenvalue weighted by Gasteiger charge is -2.18. The molecule has 0 aliphatic carbocycles. The summed E-state index contributed by atoms with van der Waals surface area (Å²) in [6.07, 6.45) is 0. The molecule has 0 saturated heterocycles. The normalized spacial score (nSPS) is 13.3. The second-order valence-corrected chi connectivity index (χ2v) is 5.42. The second kappa shape index (κ2) is 4.82. The number of nitrogen functional groups attached to an aromatic ring is 1. The van der Waals surface area contributed by atoms with Crippen LogP contribution in [0.25, 0.3) is 22.5 Å². The molecule has 106 valence electrons. The van der Waals surface area contributed by atoms with Crippen molar-refractivity contribution in [1.29, 1.82) is 0 Å². The predicted octanol–water partition coefficient (Wildman–Crippen LogP) is 3.42. The van der Waals surface area contributed by atoms with Gasteiger partial charge in [0.2, 0.25) is 0 Å². The van der Waals surface area contributed by atoms with E-state index in [9.17, 15) is 0 Å². The van der Waals surface area contributed by atoms with Gasteiger partial charge in [-0.25, -0.2) is 0 Å². The first kappa shape index (κ1) is 12.3. The molecular formula is C15H12N2O3S. The molecule has 1 aromatic carbocycles. The zero-order valence-electron chi connectivity index (χ0n) is 11.0. The second-order valence-electron chi connectivity index (χ2n) is 4.64. The van der Waals surface area contributed by atoms with E-state index in [1.807, 2.05) is 35.0 Å². The Morgan fingerprint density at radius 3 is 2.71 bits per heavy atom. The van der Waals surface area contributed by atoms with Crippen molar-refractivity contribution in [2.75, 3.05) is 18.9 Å². The van der Waals surface area contributed by atoms with Crippen LogP contribution in [-0.2, 0) is 0 Å². The molecule has 4 rings (SSSR count). The Balaban J connectivity index is 1.85. The van der Waals surface area contributed by atoms with Gasteiger partial charge in [-0.1, -0.05) is 11.2 Å². The van der Waals surface area contributed by atoms with E-state index in [0.717, 1.165) is 28.2 Å². The molecule has 0 atom stereocenters. The minimum absolute atomic E-state index is 0.368.